The molecule has 0 spiro atoms. The molecule has 3 heteroatoms. The average molecular weight is 275 g/mol. The fourth-order valence-corrected chi connectivity index (χ4v) is 2.94. The quantitative estimate of drug-likeness (QED) is 0.862. The molecule has 0 unspecified atom stereocenters. The summed E-state index contributed by atoms with van der Waals surface area (Å²) >= 11 is 6.07. The van der Waals surface area contributed by atoms with Gasteiger partial charge in [-0.25, -0.2) is 4.98 Å². The molecular weight excluding hydrogens is 256 g/mol. The van der Waals surface area contributed by atoms with Crippen molar-refractivity contribution < 1.29 is 0 Å². The van der Waals surface area contributed by atoms with Crippen LogP contribution in [0, 0.1) is 5.92 Å². The Kier molecular flexibility index (Phi) is 3.46. The van der Waals surface area contributed by atoms with E-state index >= 15 is 0 Å². The zero-order chi connectivity index (χ0) is 13.4. The molecule has 2 aromatic rings. The third-order valence-electron chi connectivity index (χ3n) is 3.99. The smallest absolute Gasteiger partial charge is 0.129 e. The lowest BCUT2D eigenvalue weighted by Gasteiger charge is -2.27. The van der Waals surface area contributed by atoms with Crippen LogP contribution in [0.4, 0.5) is 0 Å². The molecule has 2 heterocycles. The zero-order valence-corrected chi connectivity index (χ0v) is 12.2. The number of rotatable bonds is 3. The van der Waals surface area contributed by atoms with Gasteiger partial charge >= 0.3 is 0 Å². The van der Waals surface area contributed by atoms with Crippen LogP contribution in [-0.4, -0.2) is 18.1 Å². The van der Waals surface area contributed by atoms with E-state index in [4.69, 9.17) is 11.6 Å². The number of fused-ring (bicyclic) bond motifs is 1. The van der Waals surface area contributed by atoms with E-state index in [1.165, 1.54) is 21.9 Å². The zero-order valence-electron chi connectivity index (χ0n) is 11.4. The molecule has 1 fully saturated rings. The van der Waals surface area contributed by atoms with Gasteiger partial charge < -0.3 is 5.32 Å². The molecule has 1 aliphatic rings. The van der Waals surface area contributed by atoms with Gasteiger partial charge in [0.05, 0.1) is 0 Å². The number of hydrogen-bond acceptors (Lipinski definition) is 2. The van der Waals surface area contributed by atoms with E-state index in [9.17, 15) is 0 Å². The van der Waals surface area contributed by atoms with Crippen LogP contribution in [0.1, 0.15) is 30.9 Å². The summed E-state index contributed by atoms with van der Waals surface area (Å²) in [5.41, 5.74) is 2.75. The lowest BCUT2D eigenvalue weighted by atomic mass is 9.88. The minimum absolute atomic E-state index is 0.500. The van der Waals surface area contributed by atoms with Gasteiger partial charge in [0.25, 0.3) is 0 Å². The van der Waals surface area contributed by atoms with Gasteiger partial charge in [0.15, 0.2) is 0 Å². The first-order valence-electron chi connectivity index (χ1n) is 6.93. The Hall–Kier alpha value is -1.12. The molecule has 1 aliphatic heterocycles. The van der Waals surface area contributed by atoms with Crippen LogP contribution in [0.25, 0.3) is 10.8 Å². The van der Waals surface area contributed by atoms with E-state index in [2.05, 4.69) is 36.3 Å². The highest BCUT2D eigenvalue weighted by Gasteiger charge is 2.19. The van der Waals surface area contributed by atoms with Gasteiger partial charge in [0.2, 0.25) is 0 Å². The van der Waals surface area contributed by atoms with Crippen molar-refractivity contribution in [3.63, 3.8) is 0 Å². The van der Waals surface area contributed by atoms with Crippen molar-refractivity contribution in [1.29, 1.82) is 0 Å². The highest BCUT2D eigenvalue weighted by Crippen LogP contribution is 2.30. The first-order chi connectivity index (χ1) is 9.15. The predicted octanol–water partition coefficient (Wildman–Crippen LogP) is 3.77. The first-order valence-corrected chi connectivity index (χ1v) is 7.30. The van der Waals surface area contributed by atoms with Crippen LogP contribution in [-0.2, 0) is 6.42 Å². The van der Waals surface area contributed by atoms with Crippen LogP contribution in [0.3, 0.4) is 0 Å². The molecule has 1 saturated heterocycles. The van der Waals surface area contributed by atoms with E-state index in [0.29, 0.717) is 11.1 Å². The Morgan fingerprint density at radius 2 is 2.11 bits per heavy atom. The van der Waals surface area contributed by atoms with Crippen molar-refractivity contribution in [2.75, 3.05) is 13.1 Å². The van der Waals surface area contributed by atoms with Crippen molar-refractivity contribution in [3.8, 4) is 0 Å². The maximum atomic E-state index is 6.07. The molecule has 3 rings (SSSR count). The minimum atomic E-state index is 0.500. The van der Waals surface area contributed by atoms with Crippen molar-refractivity contribution in [2.24, 2.45) is 5.92 Å². The highest BCUT2D eigenvalue weighted by atomic mass is 35.5. The molecule has 0 radical (unpaired) electrons. The average Bonchev–Trinajstić information content (AvgIpc) is 2.32. The Labute approximate surface area is 119 Å². The monoisotopic (exact) mass is 274 g/mol. The van der Waals surface area contributed by atoms with E-state index in [-0.39, 0.29) is 0 Å². The van der Waals surface area contributed by atoms with Crippen LogP contribution < -0.4 is 5.32 Å². The fraction of sp³-hybridized carbons (Fsp3) is 0.438. The van der Waals surface area contributed by atoms with Crippen LogP contribution >= 0.6 is 11.6 Å². The second-order valence-corrected chi connectivity index (χ2v) is 6.14. The van der Waals surface area contributed by atoms with Gasteiger partial charge in [-0.3, -0.25) is 0 Å². The number of halogens is 1. The summed E-state index contributed by atoms with van der Waals surface area (Å²) in [5, 5.41) is 6.44. The highest BCUT2D eigenvalue weighted by molar-refractivity contribution is 6.30. The van der Waals surface area contributed by atoms with E-state index in [1.807, 2.05) is 12.3 Å². The van der Waals surface area contributed by atoms with E-state index in [1.54, 1.807) is 0 Å². The first kappa shape index (κ1) is 12.9. The van der Waals surface area contributed by atoms with Gasteiger partial charge in [-0.05, 0) is 53.9 Å². The Morgan fingerprint density at radius 1 is 1.32 bits per heavy atom. The topological polar surface area (TPSA) is 24.9 Å². The molecule has 1 N–H and O–H groups in total. The fourth-order valence-electron chi connectivity index (χ4n) is 2.78. The lowest BCUT2D eigenvalue weighted by Crippen LogP contribution is -2.43. The Balaban J connectivity index is 2.11. The predicted molar refractivity (Wildman–Crippen MR) is 80.9 cm³/mol. The van der Waals surface area contributed by atoms with Crippen LogP contribution in [0.2, 0.25) is 5.15 Å². The summed E-state index contributed by atoms with van der Waals surface area (Å²) in [7, 11) is 0. The number of aromatic nitrogens is 1. The summed E-state index contributed by atoms with van der Waals surface area (Å²) in [4.78, 5) is 4.27. The Bertz CT molecular complexity index is 603. The van der Waals surface area contributed by atoms with Crippen molar-refractivity contribution in [1.82, 2.24) is 10.3 Å². The third-order valence-corrected chi connectivity index (χ3v) is 4.19. The summed E-state index contributed by atoms with van der Waals surface area (Å²) in [6.07, 6.45) is 3.07. The molecule has 2 nitrogen and oxygen atoms in total. The standard InChI is InChI=1S/C16H19ClN2/c1-10(2)13-4-3-12(5-11-7-18-8-11)15-9-19-16(17)6-14(13)15/h3-4,6,9-11,18H,5,7-8H2,1-2H3. The molecular formula is C16H19ClN2. The number of nitrogens with one attached hydrogen (secondary N) is 1. The lowest BCUT2D eigenvalue weighted by molar-refractivity contribution is 0.347. The summed E-state index contributed by atoms with van der Waals surface area (Å²) < 4.78 is 0. The molecule has 0 amide bonds. The number of nitrogens with zero attached hydrogens (tertiary/aromatic N) is 1. The molecule has 0 saturated carbocycles. The summed E-state index contributed by atoms with van der Waals surface area (Å²) in [6, 6.07) is 6.53. The van der Waals surface area contributed by atoms with Gasteiger partial charge in [-0.15, -0.1) is 0 Å². The van der Waals surface area contributed by atoms with Gasteiger partial charge in [-0.2, -0.15) is 0 Å². The van der Waals surface area contributed by atoms with Gasteiger partial charge in [0, 0.05) is 11.6 Å². The van der Waals surface area contributed by atoms with Crippen LogP contribution in [0.5, 0.6) is 0 Å². The van der Waals surface area contributed by atoms with Gasteiger partial charge in [0.1, 0.15) is 5.15 Å². The minimum Gasteiger partial charge on any atom is -0.316 e. The molecule has 1 aromatic heterocycles. The van der Waals surface area contributed by atoms with Crippen molar-refractivity contribution >= 4 is 22.4 Å². The molecule has 0 aliphatic carbocycles. The van der Waals surface area contributed by atoms with Crippen LogP contribution in [0.15, 0.2) is 24.4 Å². The second-order valence-electron chi connectivity index (χ2n) is 5.75. The third kappa shape index (κ3) is 2.47. The molecule has 0 atom stereocenters. The maximum Gasteiger partial charge on any atom is 0.129 e. The van der Waals surface area contributed by atoms with Gasteiger partial charge in [-0.1, -0.05) is 37.6 Å². The number of benzene rings is 1. The normalized spacial score (nSPS) is 16.0. The van der Waals surface area contributed by atoms with E-state index < -0.39 is 0 Å². The summed E-state index contributed by atoms with van der Waals surface area (Å²) in [5.74, 6) is 1.27. The maximum absolute atomic E-state index is 6.07. The van der Waals surface area contributed by atoms with Crippen molar-refractivity contribution in [3.05, 3.63) is 40.7 Å². The summed E-state index contributed by atoms with van der Waals surface area (Å²) in [6.45, 7) is 6.71. The molecule has 19 heavy (non-hydrogen) atoms. The molecule has 0 bridgehead atoms. The van der Waals surface area contributed by atoms with Crippen molar-refractivity contribution in [2.45, 2.75) is 26.2 Å². The molecule has 100 valence electrons. The second kappa shape index (κ2) is 5.10. The van der Waals surface area contributed by atoms with E-state index in [0.717, 1.165) is 25.4 Å². The number of pyridine rings is 1. The SMILES string of the molecule is CC(C)c1ccc(CC2CNC2)c2cnc(Cl)cc12. The molecule has 1 aromatic carbocycles. The number of hydrogen-bond donors (Lipinski definition) is 1. The Morgan fingerprint density at radius 3 is 2.74 bits per heavy atom. The largest absolute Gasteiger partial charge is 0.316 e.